The monoisotopic (exact) mass is 1480 g/mol. The number of rotatable bonds is 14. The fourth-order valence-corrected chi connectivity index (χ4v) is 13.4. The van der Waals surface area contributed by atoms with E-state index in [1.807, 2.05) is 13.8 Å². The van der Waals surface area contributed by atoms with Crippen molar-refractivity contribution in [1.29, 1.82) is 0 Å². The number of hydrogen-bond acceptors (Lipinski definition) is 25. The third-order valence-corrected chi connectivity index (χ3v) is 19.0. The van der Waals surface area contributed by atoms with Gasteiger partial charge < -0.3 is 123 Å². The number of nitrogens with one attached hydrogen (secondary N) is 7. The number of aliphatic hydroxyl groups is 6. The number of carbonyl (C=O) groups excluding carboxylic acids is 8. The van der Waals surface area contributed by atoms with Crippen LogP contribution in [0.1, 0.15) is 105 Å². The molecule has 7 aliphatic heterocycles. The maximum absolute atomic E-state index is 16.1. The minimum atomic E-state index is -2.32. The topological polar surface area (TPSA) is 510 Å². The Morgan fingerprint density at radius 2 is 1.33 bits per heavy atom. The third-order valence-electron chi connectivity index (χ3n) is 18.0. The summed E-state index contributed by atoms with van der Waals surface area (Å²) in [5, 5.41) is 121. The van der Waals surface area contributed by atoms with E-state index >= 15 is 19.2 Å². The molecule has 0 aromatic heterocycles. The summed E-state index contributed by atoms with van der Waals surface area (Å²) in [5.74, 6) is -14.2. The summed E-state index contributed by atoms with van der Waals surface area (Å²) in [6.45, 7) is 5.70. The molecule has 0 saturated carbocycles. The van der Waals surface area contributed by atoms with Crippen LogP contribution in [0.15, 0.2) is 78.9 Å². The van der Waals surface area contributed by atoms with Crippen LogP contribution in [-0.4, -0.2) is 192 Å². The van der Waals surface area contributed by atoms with Crippen molar-refractivity contribution < 1.29 is 113 Å². The molecule has 9 unspecified atom stereocenters. The number of halogens is 2. The molecule has 32 nitrogen and oxygen atoms in total. The molecule has 7 amide bonds. The van der Waals surface area contributed by atoms with Crippen LogP contribution in [0.5, 0.6) is 46.0 Å². The molecule has 5 aromatic rings. The van der Waals surface area contributed by atoms with E-state index in [0.717, 1.165) is 60.7 Å². The smallest absolute Gasteiger partial charge is 0.248 e. The highest BCUT2D eigenvalue weighted by molar-refractivity contribution is 7.18. The van der Waals surface area contributed by atoms with Crippen molar-refractivity contribution in [1.82, 2.24) is 37.2 Å². The van der Waals surface area contributed by atoms with E-state index in [0.29, 0.717) is 0 Å². The Balaban J connectivity index is 1.24. The predicted octanol–water partition coefficient (Wildman–Crippen LogP) is 0.466. The van der Waals surface area contributed by atoms with E-state index in [1.165, 1.54) is 39.1 Å². The summed E-state index contributed by atoms with van der Waals surface area (Å²) in [7, 11) is 3.66. The fraction of sp³-hybridized carbons (Fsp3) is 0.433. The van der Waals surface area contributed by atoms with Gasteiger partial charge in [-0.25, -0.2) is 0 Å². The molecular weight excluding hydrogens is 1400 g/mol. The van der Waals surface area contributed by atoms with Crippen molar-refractivity contribution in [3.05, 3.63) is 117 Å². The molecular formula is C67H78Cl2N9O23P. The summed E-state index contributed by atoms with van der Waals surface area (Å²) in [5.41, 5.74) is 8.73. The fourth-order valence-electron chi connectivity index (χ4n) is 12.7. The highest BCUT2D eigenvalue weighted by Crippen LogP contribution is 2.50. The van der Waals surface area contributed by atoms with Crippen molar-refractivity contribution >= 4 is 79.6 Å². The Morgan fingerprint density at radius 1 is 0.725 bits per heavy atom. The molecule has 2 saturated heterocycles. The maximum Gasteiger partial charge on any atom is 0.248 e. The second-order valence-electron chi connectivity index (χ2n) is 26.0. The van der Waals surface area contributed by atoms with Gasteiger partial charge in [0, 0.05) is 35.3 Å². The van der Waals surface area contributed by atoms with E-state index < -0.39 is 214 Å². The standard InChI is InChI=1S/C67H78Cl2N9O23P/c1-24(2)12-35(72-5)60(90)77-51-53(85)27-7-10-40(33(68)14-27)97-42-16-29-17-43(57(42)101-66-58(56(88)55(87)44(22-79)99-66)100-46-21-67(4,71)59(89)25(3)96-46)98-41-11-8-28(15-34(41)69)54(86)52-65(95)76-50(39(83)23-102)32-18-30(80)19-38(82)47(32)31-13-26(6-9-37(31)81)48(62(92)78-52)75-63(93)49(29)74-61(91)36(20-45(70)84)73-64(51)94/h6-11,13-19,24-25,35-36,44,46,48-56,58-59,66,72,79-82,85-89H,12,20-23,71,102H2,1-5H3,(H2,70,84)(H,73,94)(H,74,91)(H,75,93)(H,76,95)(H,77,90)(H,78,92)/t25?,35-,36+,44?,46?,48-,49-,50+,51-,52+,53-,54-,55?,56?,58?,59?,66?,67+/m1/s1. The molecule has 0 spiro atoms. The first-order valence-electron chi connectivity index (χ1n) is 32.2. The van der Waals surface area contributed by atoms with Crippen molar-refractivity contribution in [3.63, 3.8) is 0 Å². The minimum Gasteiger partial charge on any atom is -0.508 e. The number of amides is 7. The van der Waals surface area contributed by atoms with Gasteiger partial charge in [-0.2, -0.15) is 0 Å². The molecule has 0 aliphatic carbocycles. The van der Waals surface area contributed by atoms with Crippen molar-refractivity contribution in [2.75, 3.05) is 19.8 Å². The first kappa shape index (κ1) is 76.1. The van der Waals surface area contributed by atoms with Gasteiger partial charge >= 0.3 is 0 Å². The van der Waals surface area contributed by atoms with Gasteiger partial charge in [0.2, 0.25) is 53.4 Å². The second-order valence-corrected chi connectivity index (χ2v) is 27.3. The number of ketones is 1. The summed E-state index contributed by atoms with van der Waals surface area (Å²) in [4.78, 5) is 118. The van der Waals surface area contributed by atoms with E-state index in [4.69, 9.17) is 63.1 Å². The third kappa shape index (κ3) is 16.1. The normalized spacial score (nSPS) is 29.3. The lowest BCUT2D eigenvalue weighted by Gasteiger charge is -2.47. The van der Waals surface area contributed by atoms with Gasteiger partial charge in [0.1, 0.15) is 95.5 Å². The van der Waals surface area contributed by atoms with Gasteiger partial charge in [0.05, 0.1) is 41.3 Å². The highest BCUT2D eigenvalue weighted by atomic mass is 35.5. The number of Topliss-reactive ketones (excluding diaryl/α,β-unsaturated/α-hetero) is 1. The van der Waals surface area contributed by atoms with Crippen molar-refractivity contribution in [2.45, 2.75) is 156 Å². The lowest BCUT2D eigenvalue weighted by Crippen LogP contribution is -2.64. The van der Waals surface area contributed by atoms with Crippen LogP contribution >= 0.6 is 32.4 Å². The molecule has 11 bridgehead atoms. The highest BCUT2D eigenvalue weighted by Gasteiger charge is 2.51. The zero-order chi connectivity index (χ0) is 74.2. The molecule has 7 heterocycles. The summed E-state index contributed by atoms with van der Waals surface area (Å²) >= 11 is 14.2. The van der Waals surface area contributed by atoms with E-state index in [1.54, 1.807) is 0 Å². The lowest BCUT2D eigenvalue weighted by atomic mass is 9.86. The van der Waals surface area contributed by atoms with Crippen LogP contribution < -0.4 is 62.9 Å². The second kappa shape index (κ2) is 31.2. The number of aliphatic hydroxyl groups excluding tert-OH is 6. The zero-order valence-corrected chi connectivity index (χ0v) is 57.8. The Bertz CT molecular complexity index is 4100. The number of phenols is 3. The number of phenolic OH excluding ortho intramolecular Hbond substituents is 3. The number of carbonyl (C=O) groups is 8. The van der Waals surface area contributed by atoms with Crippen molar-refractivity contribution in [2.24, 2.45) is 17.4 Å². The van der Waals surface area contributed by atoms with Crippen LogP contribution in [0.3, 0.4) is 0 Å². The molecule has 102 heavy (non-hydrogen) atoms. The molecule has 12 rings (SSSR count). The molecule has 20 N–H and O–H groups in total. The SMILES string of the molecule is CN[C@H](CC(C)C)C(=O)N[C@H]1C(=O)N[C@@H](CC(N)=O)C(=O)N[C@H]2C(=O)N[C@H]3C(=O)N[C@H](C(=O)N[C@H](C(=O)CP)c4cc(O)cc(O)c4-c4cc3ccc4O)[C@H](O)c3ccc(c(Cl)c3)Oc3cc2cc(c3OC2OC(CO)C(O)C(O)C2OC2C[C@](C)(N)C(O)C(C)O2)Oc2ccc(cc2Cl)[C@H]1O. The Kier molecular flexibility index (Phi) is 23.3. The van der Waals surface area contributed by atoms with Crippen LogP contribution in [-0.2, 0) is 52.6 Å². The number of likely N-dealkylation sites (N-methyl/N-ethyl adjacent to an activating group) is 1. The van der Waals surface area contributed by atoms with Gasteiger partial charge in [0.15, 0.2) is 29.7 Å². The molecule has 2 fully saturated rings. The molecule has 5 aromatic carbocycles. The van der Waals surface area contributed by atoms with Crippen molar-refractivity contribution in [3.8, 4) is 57.1 Å². The first-order valence-corrected chi connectivity index (χ1v) is 33.7. The van der Waals surface area contributed by atoms with Crippen LogP contribution in [0.2, 0.25) is 10.0 Å². The summed E-state index contributed by atoms with van der Waals surface area (Å²) in [6, 6.07) is 0.658. The molecule has 19 atom stereocenters. The number of hydrogen-bond donors (Lipinski definition) is 18. The zero-order valence-electron chi connectivity index (χ0n) is 55.2. The molecule has 7 aliphatic rings. The van der Waals surface area contributed by atoms with E-state index in [-0.39, 0.29) is 74.8 Å². The molecule has 0 radical (unpaired) electrons. The quantitative estimate of drug-likeness (QED) is 0.0672. The molecule has 548 valence electrons. The Morgan fingerprint density at radius 3 is 1.92 bits per heavy atom. The van der Waals surface area contributed by atoms with E-state index in [9.17, 15) is 65.1 Å². The number of aromatic hydroxyl groups is 3. The van der Waals surface area contributed by atoms with Gasteiger partial charge in [-0.15, -0.1) is 9.24 Å². The van der Waals surface area contributed by atoms with Gasteiger partial charge in [-0.05, 0) is 116 Å². The number of nitrogens with two attached hydrogens (primary N) is 2. The summed E-state index contributed by atoms with van der Waals surface area (Å²) < 4.78 is 38.4. The maximum atomic E-state index is 16.1. The first-order chi connectivity index (χ1) is 48.2. The minimum absolute atomic E-state index is 0.0908. The summed E-state index contributed by atoms with van der Waals surface area (Å²) in [6.07, 6.45) is -18.7. The molecule has 35 heteroatoms. The number of ether oxygens (including phenoxy) is 6. The number of benzene rings is 5. The number of fused-ring (bicyclic) bond motifs is 15. The largest absolute Gasteiger partial charge is 0.508 e. The van der Waals surface area contributed by atoms with Crippen LogP contribution in [0, 0.1) is 5.92 Å². The predicted molar refractivity (Wildman–Crippen MR) is 361 cm³/mol. The Hall–Kier alpha value is -8.57. The van der Waals surface area contributed by atoms with Gasteiger partial charge in [0.25, 0.3) is 0 Å². The van der Waals surface area contributed by atoms with Gasteiger partial charge in [-0.3, -0.25) is 38.4 Å². The Labute approximate surface area is 594 Å². The van der Waals surface area contributed by atoms with Crippen LogP contribution in [0.4, 0.5) is 0 Å². The average Bonchev–Trinajstić information content (AvgIpc) is 0.770. The van der Waals surface area contributed by atoms with Crippen LogP contribution in [0.25, 0.3) is 11.1 Å². The van der Waals surface area contributed by atoms with E-state index in [2.05, 4.69) is 46.5 Å². The average molecular weight is 1480 g/mol. The number of primary amides is 1. The lowest BCUT2D eigenvalue weighted by molar-refractivity contribution is -0.333. The van der Waals surface area contributed by atoms with Gasteiger partial charge in [-0.1, -0.05) is 55.2 Å².